The Morgan fingerprint density at radius 1 is 0.812 bits per heavy atom. The second-order valence-electron chi connectivity index (χ2n) is 6.64. The average Bonchev–Trinajstić information content (AvgIpc) is 2.75. The molecule has 0 amide bonds. The Balaban J connectivity index is 2.11. The Bertz CT molecular complexity index is 1230. The molecule has 168 valence electrons. The van der Waals surface area contributed by atoms with Gasteiger partial charge in [-0.25, -0.2) is 26.7 Å². The highest BCUT2D eigenvalue weighted by molar-refractivity contribution is 9.10. The second kappa shape index (κ2) is 8.81. The van der Waals surface area contributed by atoms with E-state index in [9.17, 15) is 35.5 Å². The number of rotatable bonds is 4. The molecule has 0 saturated carbocycles. The number of carbonyl (C=O) groups excluding carboxylic acids is 1. The Labute approximate surface area is 184 Å². The molecule has 0 fully saturated rings. The van der Waals surface area contributed by atoms with Gasteiger partial charge in [0, 0.05) is 5.69 Å². The van der Waals surface area contributed by atoms with Crippen LogP contribution in [-0.4, -0.2) is 5.97 Å². The molecule has 1 N–H and O–H groups in total. The summed E-state index contributed by atoms with van der Waals surface area (Å²) in [7, 11) is 0. The summed E-state index contributed by atoms with van der Waals surface area (Å²) in [5, 5.41) is 2.50. The molecule has 3 aromatic rings. The molecule has 0 bridgehead atoms. The highest BCUT2D eigenvalue weighted by atomic mass is 79.9. The van der Waals surface area contributed by atoms with E-state index in [-0.39, 0.29) is 5.69 Å². The third kappa shape index (κ3) is 4.16. The molecule has 0 aliphatic rings. The number of hydrogen-bond acceptors (Lipinski definition) is 3. The molecule has 3 aromatic carbocycles. The second-order valence-corrected chi connectivity index (χ2v) is 7.50. The van der Waals surface area contributed by atoms with Crippen LogP contribution in [0, 0.1) is 54.6 Å². The molecular formula is C21H11BrF7NO2. The molecule has 11 heteroatoms. The summed E-state index contributed by atoms with van der Waals surface area (Å²) in [4.78, 5) is 12.5. The Morgan fingerprint density at radius 2 is 1.38 bits per heavy atom. The van der Waals surface area contributed by atoms with E-state index >= 15 is 0 Å². The van der Waals surface area contributed by atoms with E-state index < -0.39 is 68.2 Å². The third-order valence-electron chi connectivity index (χ3n) is 4.39. The van der Waals surface area contributed by atoms with E-state index in [1.807, 2.05) is 0 Å². The molecule has 0 heterocycles. The van der Waals surface area contributed by atoms with Crippen molar-refractivity contribution in [2.24, 2.45) is 0 Å². The van der Waals surface area contributed by atoms with Crippen LogP contribution in [0.1, 0.15) is 21.5 Å². The predicted octanol–water partition coefficient (Wildman–Crippen LogP) is 7.00. The lowest BCUT2D eigenvalue weighted by Crippen LogP contribution is -2.16. The number of esters is 1. The van der Waals surface area contributed by atoms with Gasteiger partial charge in [-0.15, -0.1) is 0 Å². The number of hydrogen-bond donors (Lipinski definition) is 1. The fourth-order valence-electron chi connectivity index (χ4n) is 2.79. The predicted molar refractivity (Wildman–Crippen MR) is 104 cm³/mol. The van der Waals surface area contributed by atoms with Gasteiger partial charge in [0.2, 0.25) is 34.8 Å². The molecule has 0 saturated heterocycles. The van der Waals surface area contributed by atoms with Crippen LogP contribution in [0.4, 0.5) is 42.1 Å². The van der Waals surface area contributed by atoms with Gasteiger partial charge in [0.05, 0.1) is 15.7 Å². The van der Waals surface area contributed by atoms with Gasteiger partial charge in [-0.2, -0.15) is 8.78 Å². The smallest absolute Gasteiger partial charge is 0.346 e. The normalized spacial score (nSPS) is 10.9. The largest absolute Gasteiger partial charge is 0.416 e. The standard InChI is InChI=1S/C21H11BrF7NO2/c1-7-3-4-11(8(2)5-7)30-19-9(6-10(22)12(23)16(19)27)21(31)32-20-17(28)14(25)13(24)15(26)18(20)29/h3-6,30H,1-2H3. The number of halogens is 8. The van der Waals surface area contributed by atoms with Crippen molar-refractivity contribution in [3.8, 4) is 5.75 Å². The molecule has 0 unspecified atom stereocenters. The number of ether oxygens (including phenoxy) is 1. The van der Waals surface area contributed by atoms with Crippen molar-refractivity contribution in [3.05, 3.63) is 86.1 Å². The number of benzene rings is 3. The zero-order valence-electron chi connectivity index (χ0n) is 16.1. The quantitative estimate of drug-likeness (QED) is 0.132. The zero-order chi connectivity index (χ0) is 23.9. The van der Waals surface area contributed by atoms with Crippen molar-refractivity contribution < 1.29 is 40.3 Å². The number of aryl methyl sites for hydroxylation is 2. The first-order chi connectivity index (χ1) is 14.9. The van der Waals surface area contributed by atoms with Crippen LogP contribution in [0.15, 0.2) is 28.7 Å². The molecular weight excluding hydrogens is 511 g/mol. The number of carbonyl (C=O) groups is 1. The summed E-state index contributed by atoms with van der Waals surface area (Å²) in [6, 6.07) is 5.57. The van der Waals surface area contributed by atoms with Crippen LogP contribution in [0.2, 0.25) is 0 Å². The van der Waals surface area contributed by atoms with Crippen molar-refractivity contribution in [2.45, 2.75) is 13.8 Å². The van der Waals surface area contributed by atoms with Gasteiger partial charge in [0.15, 0.2) is 11.6 Å². The molecule has 0 aliphatic heterocycles. The van der Waals surface area contributed by atoms with Crippen molar-refractivity contribution in [1.82, 2.24) is 0 Å². The van der Waals surface area contributed by atoms with Crippen molar-refractivity contribution in [2.75, 3.05) is 5.32 Å². The van der Waals surface area contributed by atoms with E-state index in [2.05, 4.69) is 26.0 Å². The monoisotopic (exact) mass is 521 g/mol. The summed E-state index contributed by atoms with van der Waals surface area (Å²) >= 11 is 2.69. The zero-order valence-corrected chi connectivity index (χ0v) is 17.7. The van der Waals surface area contributed by atoms with E-state index in [4.69, 9.17) is 0 Å². The van der Waals surface area contributed by atoms with Gasteiger partial charge in [0.25, 0.3) is 0 Å². The number of anilines is 2. The third-order valence-corrected chi connectivity index (χ3v) is 4.97. The van der Waals surface area contributed by atoms with E-state index in [1.54, 1.807) is 26.0 Å². The lowest BCUT2D eigenvalue weighted by Gasteiger charge is -2.16. The van der Waals surface area contributed by atoms with Gasteiger partial charge in [-0.05, 0) is 47.5 Å². The van der Waals surface area contributed by atoms with Gasteiger partial charge >= 0.3 is 5.97 Å². The molecule has 32 heavy (non-hydrogen) atoms. The van der Waals surface area contributed by atoms with Gasteiger partial charge in [-0.3, -0.25) is 0 Å². The van der Waals surface area contributed by atoms with Crippen LogP contribution >= 0.6 is 15.9 Å². The van der Waals surface area contributed by atoms with E-state index in [1.165, 1.54) is 6.07 Å². The summed E-state index contributed by atoms with van der Waals surface area (Å²) < 4.78 is 100. The summed E-state index contributed by atoms with van der Waals surface area (Å²) in [6.07, 6.45) is 0. The van der Waals surface area contributed by atoms with Crippen LogP contribution in [0.3, 0.4) is 0 Å². The van der Waals surface area contributed by atoms with Crippen LogP contribution in [0.25, 0.3) is 0 Å². The van der Waals surface area contributed by atoms with Crippen LogP contribution in [-0.2, 0) is 0 Å². The van der Waals surface area contributed by atoms with Gasteiger partial charge < -0.3 is 10.1 Å². The highest BCUT2D eigenvalue weighted by Crippen LogP contribution is 2.35. The summed E-state index contributed by atoms with van der Waals surface area (Å²) in [5.41, 5.74) is 0.126. The Morgan fingerprint density at radius 3 is 1.94 bits per heavy atom. The van der Waals surface area contributed by atoms with Gasteiger partial charge in [-0.1, -0.05) is 17.7 Å². The Kier molecular flexibility index (Phi) is 6.49. The minimum absolute atomic E-state index is 0.251. The van der Waals surface area contributed by atoms with Crippen LogP contribution < -0.4 is 10.1 Å². The maximum atomic E-state index is 14.7. The topological polar surface area (TPSA) is 38.3 Å². The first kappa shape index (κ1) is 23.6. The van der Waals surface area contributed by atoms with Crippen molar-refractivity contribution >= 4 is 33.3 Å². The molecule has 3 rings (SSSR count). The lowest BCUT2D eigenvalue weighted by molar-refractivity contribution is 0.0716. The molecule has 0 atom stereocenters. The summed E-state index contributed by atoms with van der Waals surface area (Å²) in [6.45, 7) is 3.42. The lowest BCUT2D eigenvalue weighted by atomic mass is 10.1. The van der Waals surface area contributed by atoms with E-state index in [0.29, 0.717) is 5.56 Å². The molecule has 0 aliphatic carbocycles. The average molecular weight is 522 g/mol. The number of nitrogens with one attached hydrogen (secondary N) is 1. The van der Waals surface area contributed by atoms with Gasteiger partial charge in [0.1, 0.15) is 0 Å². The SMILES string of the molecule is Cc1ccc(Nc2c(C(=O)Oc3c(F)c(F)c(F)c(F)c3F)cc(Br)c(F)c2F)c(C)c1. The fraction of sp³-hybridized carbons (Fsp3) is 0.0952. The molecule has 0 spiro atoms. The Hall–Kier alpha value is -3.08. The molecule has 0 aromatic heterocycles. The van der Waals surface area contributed by atoms with Crippen molar-refractivity contribution in [3.63, 3.8) is 0 Å². The first-order valence-corrected chi connectivity index (χ1v) is 9.48. The molecule has 0 radical (unpaired) electrons. The minimum atomic E-state index is -2.45. The maximum Gasteiger partial charge on any atom is 0.346 e. The minimum Gasteiger partial charge on any atom is -0.416 e. The molecule has 3 nitrogen and oxygen atoms in total. The highest BCUT2D eigenvalue weighted by Gasteiger charge is 2.31. The summed E-state index contributed by atoms with van der Waals surface area (Å²) in [5.74, 6) is -18.5. The maximum absolute atomic E-state index is 14.7. The fourth-order valence-corrected chi connectivity index (χ4v) is 3.19. The first-order valence-electron chi connectivity index (χ1n) is 8.69. The van der Waals surface area contributed by atoms with Crippen LogP contribution in [0.5, 0.6) is 5.75 Å². The van der Waals surface area contributed by atoms with E-state index in [0.717, 1.165) is 11.6 Å². The van der Waals surface area contributed by atoms with Crippen molar-refractivity contribution in [1.29, 1.82) is 0 Å².